The Labute approximate surface area is 201 Å². The van der Waals surface area contributed by atoms with Crippen molar-refractivity contribution in [2.75, 3.05) is 18.4 Å². The highest BCUT2D eigenvalue weighted by molar-refractivity contribution is 6.03. The Morgan fingerprint density at radius 3 is 2.46 bits per heavy atom. The Kier molecular flexibility index (Phi) is 7.69. The lowest BCUT2D eigenvalue weighted by molar-refractivity contribution is -0.148. The van der Waals surface area contributed by atoms with Gasteiger partial charge in [-0.25, -0.2) is 4.98 Å². The quantitative estimate of drug-likeness (QED) is 0.492. The SMILES string of the molecule is Cc1ccc(NC(=O)C2(c3ccccc3C(C)C)CN(C(=O)[C@@H](N)CC(=O)O)C2)c(OC(F)F)n1. The number of hydrogen-bond acceptors (Lipinski definition) is 6. The molecule has 188 valence electrons. The second-order valence-corrected chi connectivity index (χ2v) is 8.86. The van der Waals surface area contributed by atoms with Crippen LogP contribution in [0.3, 0.4) is 0 Å². The first-order chi connectivity index (χ1) is 16.4. The predicted octanol–water partition coefficient (Wildman–Crippen LogP) is 2.64. The number of pyridine rings is 1. The maximum Gasteiger partial charge on any atom is 0.388 e. The van der Waals surface area contributed by atoms with Crippen LogP contribution in [0.25, 0.3) is 0 Å². The lowest BCUT2D eigenvalue weighted by atomic mass is 9.69. The van der Waals surface area contributed by atoms with Gasteiger partial charge in [-0.15, -0.1) is 0 Å². The molecule has 35 heavy (non-hydrogen) atoms. The Bertz CT molecular complexity index is 1120. The van der Waals surface area contributed by atoms with Gasteiger partial charge in [-0.2, -0.15) is 8.78 Å². The number of aromatic nitrogens is 1. The molecule has 2 aromatic rings. The van der Waals surface area contributed by atoms with Gasteiger partial charge in [0.15, 0.2) is 0 Å². The van der Waals surface area contributed by atoms with Crippen LogP contribution in [0.2, 0.25) is 0 Å². The molecule has 2 heterocycles. The monoisotopic (exact) mass is 490 g/mol. The number of carboxylic acid groups (broad SMARTS) is 1. The minimum Gasteiger partial charge on any atom is -0.481 e. The Morgan fingerprint density at radius 2 is 1.86 bits per heavy atom. The molecule has 1 aromatic heterocycles. The Balaban J connectivity index is 1.97. The van der Waals surface area contributed by atoms with E-state index in [1.54, 1.807) is 25.1 Å². The van der Waals surface area contributed by atoms with E-state index in [-0.39, 0.29) is 24.7 Å². The number of likely N-dealkylation sites (tertiary alicyclic amines) is 1. The molecule has 2 amide bonds. The summed E-state index contributed by atoms with van der Waals surface area (Å²) in [6.07, 6.45) is -0.541. The maximum atomic E-state index is 13.7. The average Bonchev–Trinajstić information content (AvgIpc) is 2.74. The number of nitrogens with one attached hydrogen (secondary N) is 1. The van der Waals surface area contributed by atoms with E-state index in [0.29, 0.717) is 11.3 Å². The molecule has 3 rings (SSSR count). The number of ether oxygens (including phenoxy) is 1. The van der Waals surface area contributed by atoms with Crippen molar-refractivity contribution in [1.82, 2.24) is 9.88 Å². The second kappa shape index (κ2) is 10.3. The molecule has 1 aliphatic heterocycles. The van der Waals surface area contributed by atoms with Crippen molar-refractivity contribution in [3.8, 4) is 5.88 Å². The topological polar surface area (TPSA) is 135 Å². The smallest absolute Gasteiger partial charge is 0.388 e. The third-order valence-corrected chi connectivity index (χ3v) is 5.93. The van der Waals surface area contributed by atoms with Crippen molar-refractivity contribution in [2.24, 2.45) is 5.73 Å². The standard InChI is InChI=1S/C24H28F2N4O5/c1-13(2)15-6-4-5-7-16(15)24(11-30(12-24)21(33)17(27)10-19(31)32)22(34)29-18-9-8-14(3)28-20(18)35-23(25)26/h4-9,13,17,23H,10-12,27H2,1-3H3,(H,29,34)(H,31,32)/t17-/m0/s1. The third-order valence-electron chi connectivity index (χ3n) is 5.93. The van der Waals surface area contributed by atoms with E-state index in [0.717, 1.165) is 5.56 Å². The van der Waals surface area contributed by atoms with Crippen molar-refractivity contribution in [2.45, 2.75) is 51.2 Å². The van der Waals surface area contributed by atoms with Gasteiger partial charge in [0.05, 0.1) is 12.5 Å². The van der Waals surface area contributed by atoms with Gasteiger partial charge in [-0.1, -0.05) is 38.1 Å². The molecule has 1 aliphatic rings. The first-order valence-corrected chi connectivity index (χ1v) is 11.0. The highest BCUT2D eigenvalue weighted by Crippen LogP contribution is 2.40. The second-order valence-electron chi connectivity index (χ2n) is 8.86. The van der Waals surface area contributed by atoms with Gasteiger partial charge in [-0.05, 0) is 36.1 Å². The number of rotatable bonds is 9. The molecule has 0 radical (unpaired) electrons. The number of alkyl halides is 2. The van der Waals surface area contributed by atoms with E-state index in [9.17, 15) is 23.2 Å². The maximum absolute atomic E-state index is 13.7. The van der Waals surface area contributed by atoms with Crippen LogP contribution in [0.4, 0.5) is 14.5 Å². The molecule has 1 saturated heterocycles. The zero-order chi connectivity index (χ0) is 25.9. The Hall–Kier alpha value is -3.60. The van der Waals surface area contributed by atoms with Crippen molar-refractivity contribution >= 4 is 23.5 Å². The van der Waals surface area contributed by atoms with E-state index in [1.165, 1.54) is 11.0 Å². The number of carboxylic acids is 1. The summed E-state index contributed by atoms with van der Waals surface area (Å²) >= 11 is 0. The third kappa shape index (κ3) is 5.56. The molecule has 9 nitrogen and oxygen atoms in total. The number of amides is 2. The number of benzene rings is 1. The van der Waals surface area contributed by atoms with Crippen LogP contribution in [0, 0.1) is 6.92 Å². The summed E-state index contributed by atoms with van der Waals surface area (Å²) in [5.74, 6) is -2.70. The number of nitrogens with two attached hydrogens (primary N) is 1. The van der Waals surface area contributed by atoms with Crippen molar-refractivity contribution in [1.29, 1.82) is 0 Å². The molecule has 0 unspecified atom stereocenters. The molecule has 0 bridgehead atoms. The molecule has 1 atom stereocenters. The first kappa shape index (κ1) is 26.0. The Morgan fingerprint density at radius 1 is 1.20 bits per heavy atom. The van der Waals surface area contributed by atoms with Gasteiger partial charge in [-0.3, -0.25) is 14.4 Å². The van der Waals surface area contributed by atoms with Gasteiger partial charge in [0, 0.05) is 18.8 Å². The summed E-state index contributed by atoms with van der Waals surface area (Å²) in [6, 6.07) is 9.00. The molecule has 0 saturated carbocycles. The lowest BCUT2D eigenvalue weighted by Crippen LogP contribution is -2.68. The molecule has 0 aliphatic carbocycles. The van der Waals surface area contributed by atoms with Gasteiger partial charge in [0.2, 0.25) is 17.7 Å². The molecule has 1 fully saturated rings. The number of aliphatic carboxylic acids is 1. The number of carbonyl (C=O) groups excluding carboxylic acids is 2. The summed E-state index contributed by atoms with van der Waals surface area (Å²) < 4.78 is 30.3. The molecule has 1 aromatic carbocycles. The zero-order valence-corrected chi connectivity index (χ0v) is 19.6. The number of anilines is 1. The fourth-order valence-corrected chi connectivity index (χ4v) is 4.19. The van der Waals surface area contributed by atoms with Crippen molar-refractivity contribution < 1.29 is 33.0 Å². The van der Waals surface area contributed by atoms with E-state index in [1.807, 2.05) is 26.0 Å². The first-order valence-electron chi connectivity index (χ1n) is 11.0. The van der Waals surface area contributed by atoms with E-state index in [4.69, 9.17) is 10.8 Å². The predicted molar refractivity (Wildman–Crippen MR) is 123 cm³/mol. The number of nitrogens with zero attached hydrogens (tertiary/aromatic N) is 2. The van der Waals surface area contributed by atoms with Crippen LogP contribution in [-0.4, -0.2) is 58.5 Å². The van der Waals surface area contributed by atoms with Gasteiger partial charge in [0.25, 0.3) is 0 Å². The summed E-state index contributed by atoms with van der Waals surface area (Å²) in [7, 11) is 0. The summed E-state index contributed by atoms with van der Waals surface area (Å²) in [5, 5.41) is 11.6. The molecular formula is C24H28F2N4O5. The summed E-state index contributed by atoms with van der Waals surface area (Å²) in [6.45, 7) is 2.28. The fourth-order valence-electron chi connectivity index (χ4n) is 4.19. The summed E-state index contributed by atoms with van der Waals surface area (Å²) in [4.78, 5) is 42.6. The average molecular weight is 491 g/mol. The van der Waals surface area contributed by atoms with Gasteiger partial charge in [0.1, 0.15) is 11.1 Å². The fraction of sp³-hybridized carbons (Fsp3) is 0.417. The van der Waals surface area contributed by atoms with Crippen LogP contribution in [0.5, 0.6) is 5.88 Å². The zero-order valence-electron chi connectivity index (χ0n) is 19.6. The van der Waals surface area contributed by atoms with Crippen molar-refractivity contribution in [3.63, 3.8) is 0 Å². The van der Waals surface area contributed by atoms with Crippen molar-refractivity contribution in [3.05, 3.63) is 53.2 Å². The van der Waals surface area contributed by atoms with Crippen LogP contribution in [0.1, 0.15) is 43.0 Å². The molecule has 0 spiro atoms. The minimum absolute atomic E-state index is 0.0327. The number of carbonyl (C=O) groups is 3. The number of aryl methyl sites for hydroxylation is 1. The van der Waals surface area contributed by atoms with E-state index < -0.39 is 48.2 Å². The van der Waals surface area contributed by atoms with Crippen LogP contribution >= 0.6 is 0 Å². The van der Waals surface area contributed by atoms with Crippen LogP contribution in [-0.2, 0) is 19.8 Å². The van der Waals surface area contributed by atoms with Crippen LogP contribution < -0.4 is 15.8 Å². The number of halogens is 2. The largest absolute Gasteiger partial charge is 0.481 e. The summed E-state index contributed by atoms with van der Waals surface area (Å²) in [5.41, 5.74) is 6.48. The lowest BCUT2D eigenvalue weighted by Gasteiger charge is -2.50. The number of hydrogen-bond donors (Lipinski definition) is 3. The van der Waals surface area contributed by atoms with Crippen LogP contribution in [0.15, 0.2) is 36.4 Å². The van der Waals surface area contributed by atoms with Gasteiger partial charge < -0.3 is 25.8 Å². The molecule has 11 heteroatoms. The minimum atomic E-state index is -3.14. The highest BCUT2D eigenvalue weighted by Gasteiger charge is 2.54. The van der Waals surface area contributed by atoms with E-state index in [2.05, 4.69) is 15.0 Å². The molecular weight excluding hydrogens is 462 g/mol. The van der Waals surface area contributed by atoms with Gasteiger partial charge >= 0.3 is 12.6 Å². The molecule has 4 N–H and O–H groups in total. The van der Waals surface area contributed by atoms with E-state index >= 15 is 0 Å². The normalized spacial score (nSPS) is 15.5. The highest BCUT2D eigenvalue weighted by atomic mass is 19.3.